The number of aryl methyl sites for hydroxylation is 1. The highest BCUT2D eigenvalue weighted by Gasteiger charge is 2.15. The van der Waals surface area contributed by atoms with Crippen molar-refractivity contribution in [2.75, 3.05) is 6.61 Å². The van der Waals surface area contributed by atoms with Crippen molar-refractivity contribution in [1.29, 1.82) is 0 Å². The van der Waals surface area contributed by atoms with Crippen LogP contribution < -0.4 is 0 Å². The second-order valence-corrected chi connectivity index (χ2v) is 3.13. The first-order chi connectivity index (χ1) is 7.63. The van der Waals surface area contributed by atoms with Crippen molar-refractivity contribution < 1.29 is 14.6 Å². The van der Waals surface area contributed by atoms with Crippen LogP contribution in [0.3, 0.4) is 0 Å². The quantitative estimate of drug-likeness (QED) is 0.736. The highest BCUT2D eigenvalue weighted by Crippen LogP contribution is 2.14. The number of aromatic nitrogens is 4. The molecule has 0 spiro atoms. The molecule has 0 aliphatic heterocycles. The van der Waals surface area contributed by atoms with E-state index in [-0.39, 0.29) is 18.2 Å². The van der Waals surface area contributed by atoms with Gasteiger partial charge in [0.2, 0.25) is 5.88 Å². The lowest BCUT2D eigenvalue weighted by atomic mass is 10.4. The number of nitrogens with zero attached hydrogens (tertiary/aromatic N) is 4. The SMILES string of the molecule is CCOC(=O)c1cc(O)n2nnc(C)c2n1. The first kappa shape index (κ1) is 10.3. The van der Waals surface area contributed by atoms with Gasteiger partial charge >= 0.3 is 5.97 Å². The summed E-state index contributed by atoms with van der Waals surface area (Å²) in [5.41, 5.74) is 0.904. The van der Waals surface area contributed by atoms with Gasteiger partial charge in [0.05, 0.1) is 6.61 Å². The third-order valence-corrected chi connectivity index (χ3v) is 2.00. The first-order valence-corrected chi connectivity index (χ1v) is 4.72. The summed E-state index contributed by atoms with van der Waals surface area (Å²) in [6.07, 6.45) is 0. The average Bonchev–Trinajstić information content (AvgIpc) is 2.61. The Balaban J connectivity index is 2.56. The van der Waals surface area contributed by atoms with Gasteiger partial charge in [0.1, 0.15) is 5.69 Å². The van der Waals surface area contributed by atoms with Crippen molar-refractivity contribution in [3.05, 3.63) is 17.5 Å². The van der Waals surface area contributed by atoms with Gasteiger partial charge in [-0.25, -0.2) is 9.78 Å². The molecule has 2 aromatic heterocycles. The Morgan fingerprint density at radius 3 is 3.06 bits per heavy atom. The number of fused-ring (bicyclic) bond motifs is 1. The van der Waals surface area contributed by atoms with E-state index in [1.54, 1.807) is 13.8 Å². The Kier molecular flexibility index (Phi) is 2.43. The van der Waals surface area contributed by atoms with Crippen LogP contribution in [0.2, 0.25) is 0 Å². The monoisotopic (exact) mass is 222 g/mol. The predicted molar refractivity (Wildman–Crippen MR) is 53.1 cm³/mol. The summed E-state index contributed by atoms with van der Waals surface area (Å²) in [6, 6.07) is 1.19. The topological polar surface area (TPSA) is 89.6 Å². The number of esters is 1. The van der Waals surface area contributed by atoms with E-state index in [0.29, 0.717) is 11.3 Å². The zero-order chi connectivity index (χ0) is 11.7. The number of ether oxygens (including phenoxy) is 1. The van der Waals surface area contributed by atoms with E-state index >= 15 is 0 Å². The van der Waals surface area contributed by atoms with Crippen LogP contribution in [0.5, 0.6) is 5.88 Å². The van der Waals surface area contributed by atoms with Crippen molar-refractivity contribution in [3.8, 4) is 5.88 Å². The summed E-state index contributed by atoms with van der Waals surface area (Å²) in [6.45, 7) is 3.63. The third kappa shape index (κ3) is 1.56. The van der Waals surface area contributed by atoms with Gasteiger partial charge in [0, 0.05) is 6.07 Å². The second kappa shape index (κ2) is 3.76. The molecule has 0 unspecified atom stereocenters. The second-order valence-electron chi connectivity index (χ2n) is 3.13. The average molecular weight is 222 g/mol. The molecular weight excluding hydrogens is 212 g/mol. The van der Waals surface area contributed by atoms with Crippen molar-refractivity contribution in [3.63, 3.8) is 0 Å². The standard InChI is InChI=1S/C9H10N4O3/c1-3-16-9(15)6-4-7(14)13-8(10-6)5(2)11-12-13/h4,14H,3H2,1-2H3. The van der Waals surface area contributed by atoms with Gasteiger partial charge in [0.15, 0.2) is 11.3 Å². The van der Waals surface area contributed by atoms with Gasteiger partial charge in [-0.05, 0) is 13.8 Å². The van der Waals surface area contributed by atoms with Crippen LogP contribution >= 0.6 is 0 Å². The van der Waals surface area contributed by atoms with Crippen LogP contribution in [0.4, 0.5) is 0 Å². The Labute approximate surface area is 90.7 Å². The molecule has 0 aliphatic carbocycles. The maximum absolute atomic E-state index is 11.4. The molecule has 0 amide bonds. The summed E-state index contributed by atoms with van der Waals surface area (Å²) in [5.74, 6) is -0.783. The fraction of sp³-hybridized carbons (Fsp3) is 0.333. The molecule has 84 valence electrons. The summed E-state index contributed by atoms with van der Waals surface area (Å²) in [5, 5.41) is 17.0. The number of rotatable bonds is 2. The van der Waals surface area contributed by atoms with Crippen molar-refractivity contribution in [2.24, 2.45) is 0 Å². The van der Waals surface area contributed by atoms with Gasteiger partial charge in [-0.1, -0.05) is 5.21 Å². The first-order valence-electron chi connectivity index (χ1n) is 4.72. The Hall–Kier alpha value is -2.18. The van der Waals surface area contributed by atoms with E-state index in [4.69, 9.17) is 4.74 Å². The third-order valence-electron chi connectivity index (χ3n) is 2.00. The Bertz CT molecular complexity index is 549. The fourth-order valence-electron chi connectivity index (χ4n) is 1.27. The smallest absolute Gasteiger partial charge is 0.357 e. The largest absolute Gasteiger partial charge is 0.493 e. The number of carbonyl (C=O) groups excluding carboxylic acids is 1. The molecule has 2 heterocycles. The molecule has 7 nitrogen and oxygen atoms in total. The molecule has 0 radical (unpaired) electrons. The van der Waals surface area contributed by atoms with Gasteiger partial charge in [0.25, 0.3) is 0 Å². The number of hydrogen-bond donors (Lipinski definition) is 1. The molecule has 0 saturated carbocycles. The minimum atomic E-state index is -0.582. The maximum atomic E-state index is 11.4. The van der Waals surface area contributed by atoms with Crippen LogP contribution in [0, 0.1) is 6.92 Å². The predicted octanol–water partition coefficient (Wildman–Crippen LogP) is 0.315. The van der Waals surface area contributed by atoms with Crippen LogP contribution in [0.25, 0.3) is 5.65 Å². The van der Waals surface area contributed by atoms with Crippen LogP contribution in [-0.2, 0) is 4.74 Å². The minimum Gasteiger partial charge on any atom is -0.493 e. The number of aromatic hydroxyl groups is 1. The van der Waals surface area contributed by atoms with Crippen LogP contribution in [0.15, 0.2) is 6.07 Å². The normalized spacial score (nSPS) is 10.6. The zero-order valence-corrected chi connectivity index (χ0v) is 8.84. The van der Waals surface area contributed by atoms with Crippen LogP contribution in [0.1, 0.15) is 23.1 Å². The van der Waals surface area contributed by atoms with Crippen molar-refractivity contribution in [1.82, 2.24) is 19.8 Å². The van der Waals surface area contributed by atoms with E-state index in [9.17, 15) is 9.90 Å². The van der Waals surface area contributed by atoms with E-state index in [0.717, 1.165) is 4.52 Å². The molecular formula is C9H10N4O3. The molecule has 1 N–H and O–H groups in total. The van der Waals surface area contributed by atoms with E-state index in [1.807, 2.05) is 0 Å². The van der Waals surface area contributed by atoms with E-state index in [1.165, 1.54) is 6.07 Å². The van der Waals surface area contributed by atoms with Crippen molar-refractivity contribution >= 4 is 11.6 Å². The number of carbonyl (C=O) groups is 1. The van der Waals surface area contributed by atoms with Gasteiger partial charge < -0.3 is 9.84 Å². The van der Waals surface area contributed by atoms with E-state index in [2.05, 4.69) is 15.3 Å². The number of hydrogen-bond acceptors (Lipinski definition) is 6. The highest BCUT2D eigenvalue weighted by atomic mass is 16.5. The molecule has 0 aliphatic rings. The maximum Gasteiger partial charge on any atom is 0.357 e. The van der Waals surface area contributed by atoms with Crippen LogP contribution in [-0.4, -0.2) is 37.5 Å². The summed E-state index contributed by atoms with van der Waals surface area (Å²) >= 11 is 0. The van der Waals surface area contributed by atoms with Crippen molar-refractivity contribution in [2.45, 2.75) is 13.8 Å². The molecule has 7 heteroatoms. The summed E-state index contributed by atoms with van der Waals surface area (Å²) in [7, 11) is 0. The summed E-state index contributed by atoms with van der Waals surface area (Å²) in [4.78, 5) is 15.4. The molecule has 16 heavy (non-hydrogen) atoms. The lowest BCUT2D eigenvalue weighted by Crippen LogP contribution is -2.08. The fourth-order valence-corrected chi connectivity index (χ4v) is 1.27. The zero-order valence-electron chi connectivity index (χ0n) is 8.84. The molecule has 0 fully saturated rings. The Morgan fingerprint density at radius 2 is 2.38 bits per heavy atom. The van der Waals surface area contributed by atoms with Gasteiger partial charge in [-0.15, -0.1) is 5.10 Å². The lowest BCUT2D eigenvalue weighted by molar-refractivity contribution is 0.0519. The molecule has 0 saturated heterocycles. The molecule has 0 bridgehead atoms. The highest BCUT2D eigenvalue weighted by molar-refractivity contribution is 5.88. The molecule has 2 aromatic rings. The lowest BCUT2D eigenvalue weighted by Gasteiger charge is -2.02. The summed E-state index contributed by atoms with van der Waals surface area (Å²) < 4.78 is 5.94. The van der Waals surface area contributed by atoms with Gasteiger partial charge in [-0.2, -0.15) is 4.52 Å². The molecule has 2 rings (SSSR count). The molecule has 0 atom stereocenters. The minimum absolute atomic E-state index is 0.0391. The van der Waals surface area contributed by atoms with Gasteiger partial charge in [-0.3, -0.25) is 0 Å². The van der Waals surface area contributed by atoms with E-state index < -0.39 is 5.97 Å². The molecule has 0 aromatic carbocycles. The Morgan fingerprint density at radius 1 is 1.62 bits per heavy atom.